The molecule has 1 amide bonds. The molecule has 0 heterocycles. The van der Waals surface area contributed by atoms with Gasteiger partial charge in [0.25, 0.3) is 5.91 Å². The molecule has 1 aromatic rings. The van der Waals surface area contributed by atoms with Crippen LogP contribution in [0.1, 0.15) is 37.0 Å². The fourth-order valence-corrected chi connectivity index (χ4v) is 1.77. The van der Waals surface area contributed by atoms with Crippen molar-refractivity contribution in [2.45, 2.75) is 32.3 Å². The minimum absolute atomic E-state index is 0.133. The van der Waals surface area contributed by atoms with Gasteiger partial charge in [-0.25, -0.2) is 0 Å². The second-order valence-electron chi connectivity index (χ2n) is 5.34. The summed E-state index contributed by atoms with van der Waals surface area (Å²) >= 11 is 0. The van der Waals surface area contributed by atoms with E-state index in [1.54, 1.807) is 31.2 Å². The summed E-state index contributed by atoms with van der Waals surface area (Å²) in [6.07, 6.45) is 2.10. The van der Waals surface area contributed by atoms with E-state index in [0.717, 1.165) is 18.6 Å². The highest BCUT2D eigenvalue weighted by atomic mass is 16.5. The van der Waals surface area contributed by atoms with E-state index in [1.807, 2.05) is 0 Å². The van der Waals surface area contributed by atoms with Crippen molar-refractivity contribution >= 4 is 5.91 Å². The molecular formula is C16H25NO4. The van der Waals surface area contributed by atoms with Gasteiger partial charge in [-0.3, -0.25) is 4.79 Å². The van der Waals surface area contributed by atoms with Crippen molar-refractivity contribution < 1.29 is 19.4 Å². The summed E-state index contributed by atoms with van der Waals surface area (Å²) in [4.78, 5) is 12.0. The van der Waals surface area contributed by atoms with Gasteiger partial charge in [0.15, 0.2) is 0 Å². The van der Waals surface area contributed by atoms with Crippen molar-refractivity contribution in [2.24, 2.45) is 0 Å². The fraction of sp³-hybridized carbons (Fsp3) is 0.562. The summed E-state index contributed by atoms with van der Waals surface area (Å²) in [6.45, 7) is 4.70. The van der Waals surface area contributed by atoms with Gasteiger partial charge in [-0.2, -0.15) is 0 Å². The molecule has 1 aromatic carbocycles. The van der Waals surface area contributed by atoms with Gasteiger partial charge in [0, 0.05) is 19.2 Å². The van der Waals surface area contributed by atoms with E-state index in [2.05, 4.69) is 12.2 Å². The summed E-state index contributed by atoms with van der Waals surface area (Å²) in [5, 5.41) is 12.6. The van der Waals surface area contributed by atoms with E-state index in [1.165, 1.54) is 7.11 Å². The normalized spacial score (nSPS) is 13.5. The van der Waals surface area contributed by atoms with Crippen LogP contribution in [0.5, 0.6) is 5.75 Å². The highest BCUT2D eigenvalue weighted by Gasteiger charge is 2.21. The second kappa shape index (κ2) is 8.64. The van der Waals surface area contributed by atoms with Gasteiger partial charge in [-0.15, -0.1) is 0 Å². The minimum Gasteiger partial charge on any atom is -0.494 e. The molecule has 0 aliphatic heterocycles. The van der Waals surface area contributed by atoms with Crippen LogP contribution in [0, 0.1) is 0 Å². The number of amides is 1. The lowest BCUT2D eigenvalue weighted by Crippen LogP contribution is -2.43. The molecule has 0 aliphatic carbocycles. The Labute approximate surface area is 126 Å². The molecule has 0 aromatic heterocycles. The summed E-state index contributed by atoms with van der Waals surface area (Å²) in [6, 6.07) is 6.97. The smallest absolute Gasteiger partial charge is 0.251 e. The van der Waals surface area contributed by atoms with E-state index in [4.69, 9.17) is 9.47 Å². The predicted molar refractivity (Wildman–Crippen MR) is 81.7 cm³/mol. The topological polar surface area (TPSA) is 67.8 Å². The first kappa shape index (κ1) is 17.5. The third-order valence-corrected chi connectivity index (χ3v) is 2.97. The van der Waals surface area contributed by atoms with Crippen LogP contribution in [0.15, 0.2) is 24.3 Å². The van der Waals surface area contributed by atoms with Crippen molar-refractivity contribution in [3.8, 4) is 5.75 Å². The van der Waals surface area contributed by atoms with Crippen LogP contribution in [0.25, 0.3) is 0 Å². The highest BCUT2D eigenvalue weighted by Crippen LogP contribution is 2.13. The molecule has 0 bridgehead atoms. The summed E-state index contributed by atoms with van der Waals surface area (Å²) in [5.74, 6) is 0.526. The number of hydrogen-bond acceptors (Lipinski definition) is 4. The lowest BCUT2D eigenvalue weighted by atomic mass is 10.1. The first-order valence-electron chi connectivity index (χ1n) is 7.21. The van der Waals surface area contributed by atoms with Gasteiger partial charge < -0.3 is 19.9 Å². The number of aliphatic hydroxyl groups is 1. The Hall–Kier alpha value is -1.59. The van der Waals surface area contributed by atoms with Gasteiger partial charge >= 0.3 is 0 Å². The standard InChI is InChI=1S/C16H25NO4/c1-4-5-10-21-14-8-6-13(7-9-14)15(18)17-11-16(2,19)12-20-3/h6-9,19H,4-5,10-12H2,1-3H3,(H,17,18)/t16-/m1/s1. The van der Waals surface area contributed by atoms with Gasteiger partial charge in [-0.1, -0.05) is 13.3 Å². The average molecular weight is 295 g/mol. The Kier molecular flexibility index (Phi) is 7.19. The maximum absolute atomic E-state index is 12.0. The van der Waals surface area contributed by atoms with Gasteiger partial charge in [0.1, 0.15) is 11.4 Å². The Morgan fingerprint density at radius 2 is 2.00 bits per heavy atom. The number of nitrogens with one attached hydrogen (secondary N) is 1. The molecule has 5 nitrogen and oxygen atoms in total. The van der Waals surface area contributed by atoms with Crippen LogP contribution < -0.4 is 10.1 Å². The zero-order valence-electron chi connectivity index (χ0n) is 13.0. The van der Waals surface area contributed by atoms with Crippen LogP contribution in [-0.4, -0.2) is 43.5 Å². The molecule has 1 rings (SSSR count). The lowest BCUT2D eigenvalue weighted by molar-refractivity contribution is -0.0147. The van der Waals surface area contributed by atoms with Crippen LogP contribution >= 0.6 is 0 Å². The number of rotatable bonds is 9. The van der Waals surface area contributed by atoms with Crippen molar-refractivity contribution in [3.05, 3.63) is 29.8 Å². The average Bonchev–Trinajstić information content (AvgIpc) is 2.46. The van der Waals surface area contributed by atoms with Crippen molar-refractivity contribution in [2.75, 3.05) is 26.9 Å². The number of benzene rings is 1. The molecule has 0 aliphatic rings. The maximum Gasteiger partial charge on any atom is 0.251 e. The molecule has 5 heteroatoms. The Balaban J connectivity index is 2.47. The molecule has 0 saturated heterocycles. The zero-order chi connectivity index (χ0) is 15.7. The summed E-state index contributed by atoms with van der Waals surface area (Å²) < 4.78 is 10.4. The summed E-state index contributed by atoms with van der Waals surface area (Å²) in [5.41, 5.74) is -0.542. The Morgan fingerprint density at radius 3 is 2.57 bits per heavy atom. The van der Waals surface area contributed by atoms with Gasteiger partial charge in [-0.05, 0) is 37.6 Å². The number of ether oxygens (including phenoxy) is 2. The Morgan fingerprint density at radius 1 is 1.33 bits per heavy atom. The molecule has 0 unspecified atom stereocenters. The first-order chi connectivity index (χ1) is 9.98. The van der Waals surface area contributed by atoms with Crippen LogP contribution in [0.3, 0.4) is 0 Å². The van der Waals surface area contributed by atoms with E-state index in [-0.39, 0.29) is 19.1 Å². The largest absolute Gasteiger partial charge is 0.494 e. The minimum atomic E-state index is -1.08. The first-order valence-corrected chi connectivity index (χ1v) is 7.21. The molecular weight excluding hydrogens is 270 g/mol. The summed E-state index contributed by atoms with van der Waals surface area (Å²) in [7, 11) is 1.51. The van der Waals surface area contributed by atoms with Crippen LogP contribution in [0.4, 0.5) is 0 Å². The quantitative estimate of drug-likeness (QED) is 0.684. The number of carbonyl (C=O) groups excluding carboxylic acids is 1. The monoisotopic (exact) mass is 295 g/mol. The molecule has 2 N–H and O–H groups in total. The van der Waals surface area contributed by atoms with Crippen molar-refractivity contribution in [1.82, 2.24) is 5.32 Å². The third-order valence-electron chi connectivity index (χ3n) is 2.97. The molecule has 0 radical (unpaired) electrons. The van der Waals surface area contributed by atoms with E-state index >= 15 is 0 Å². The number of unbranched alkanes of at least 4 members (excludes halogenated alkanes) is 1. The maximum atomic E-state index is 12.0. The van der Waals surface area contributed by atoms with Gasteiger partial charge in [0.05, 0.1) is 13.2 Å². The van der Waals surface area contributed by atoms with E-state index < -0.39 is 5.60 Å². The molecule has 21 heavy (non-hydrogen) atoms. The second-order valence-corrected chi connectivity index (χ2v) is 5.34. The number of hydrogen-bond donors (Lipinski definition) is 2. The molecule has 0 spiro atoms. The molecule has 1 atom stereocenters. The number of methoxy groups -OCH3 is 1. The lowest BCUT2D eigenvalue weighted by Gasteiger charge is -2.22. The fourth-order valence-electron chi connectivity index (χ4n) is 1.77. The SMILES string of the molecule is CCCCOc1ccc(C(=O)NC[C@@](C)(O)COC)cc1. The van der Waals surface area contributed by atoms with Crippen LogP contribution in [-0.2, 0) is 4.74 Å². The van der Waals surface area contributed by atoms with Crippen LogP contribution in [0.2, 0.25) is 0 Å². The van der Waals surface area contributed by atoms with E-state index in [9.17, 15) is 9.90 Å². The highest BCUT2D eigenvalue weighted by molar-refractivity contribution is 5.94. The predicted octanol–water partition coefficient (Wildman–Crippen LogP) is 1.99. The molecule has 118 valence electrons. The number of carbonyl (C=O) groups is 1. The Bertz CT molecular complexity index is 428. The van der Waals surface area contributed by atoms with Crippen molar-refractivity contribution in [3.63, 3.8) is 0 Å². The van der Waals surface area contributed by atoms with E-state index in [0.29, 0.717) is 12.2 Å². The molecule has 0 saturated carbocycles. The molecule has 0 fully saturated rings. The zero-order valence-corrected chi connectivity index (χ0v) is 13.0. The van der Waals surface area contributed by atoms with Crippen molar-refractivity contribution in [1.29, 1.82) is 0 Å². The third kappa shape index (κ3) is 6.60. The van der Waals surface area contributed by atoms with Gasteiger partial charge in [0.2, 0.25) is 0 Å².